The van der Waals surface area contributed by atoms with Crippen LogP contribution in [0.3, 0.4) is 0 Å². The molecule has 2 aliphatic rings. The normalized spacial score (nSPS) is 17.2. The van der Waals surface area contributed by atoms with Gasteiger partial charge in [-0.15, -0.1) is 0 Å². The van der Waals surface area contributed by atoms with E-state index < -0.39 is 17.7 Å². The van der Waals surface area contributed by atoms with Crippen molar-refractivity contribution in [1.82, 2.24) is 5.32 Å². The van der Waals surface area contributed by atoms with Gasteiger partial charge < -0.3 is 15.4 Å². The lowest BCUT2D eigenvalue weighted by Gasteiger charge is -2.29. The molecule has 5 heteroatoms. The second-order valence-corrected chi connectivity index (χ2v) is 8.73. The van der Waals surface area contributed by atoms with E-state index in [1.165, 1.54) is 0 Å². The van der Waals surface area contributed by atoms with Gasteiger partial charge in [-0.1, -0.05) is 31.5 Å². The Kier molecular flexibility index (Phi) is 7.50. The lowest BCUT2D eigenvalue weighted by atomic mass is 9.88. The molecular formula is C23H36N2O3. The standard InChI is InChI=1S/C21H30N2O3.C2H6/c1-13-5-11-16(12-6-13)22-19(24)18(23-20(25)26-21(2,3)4)17(14-7-8-14)15-9-10-15;1-2/h5-6,11-12,14-15,17-18H,7-10H2,1-4H3,(H,22,24)(H,23,25);1-2H3. The molecule has 1 aromatic carbocycles. The van der Waals surface area contributed by atoms with Crippen LogP contribution in [0, 0.1) is 24.7 Å². The summed E-state index contributed by atoms with van der Waals surface area (Å²) in [6, 6.07) is 7.16. The number of rotatable bonds is 6. The summed E-state index contributed by atoms with van der Waals surface area (Å²) in [4.78, 5) is 25.4. The summed E-state index contributed by atoms with van der Waals surface area (Å²) in [5, 5.41) is 5.85. The van der Waals surface area contributed by atoms with Crippen LogP contribution < -0.4 is 10.6 Å². The van der Waals surface area contributed by atoms with Gasteiger partial charge in [-0.2, -0.15) is 0 Å². The fraction of sp³-hybridized carbons (Fsp3) is 0.652. The van der Waals surface area contributed by atoms with Crippen LogP contribution in [0.2, 0.25) is 0 Å². The molecule has 0 saturated heterocycles. The van der Waals surface area contributed by atoms with Crippen molar-refractivity contribution in [2.45, 2.75) is 78.9 Å². The lowest BCUT2D eigenvalue weighted by Crippen LogP contribution is -2.51. The van der Waals surface area contributed by atoms with Crippen LogP contribution >= 0.6 is 0 Å². The maximum Gasteiger partial charge on any atom is 0.408 e. The largest absolute Gasteiger partial charge is 0.444 e. The number of aryl methyl sites for hydroxylation is 1. The number of hydrogen-bond acceptors (Lipinski definition) is 3. The van der Waals surface area contributed by atoms with Crippen molar-refractivity contribution >= 4 is 17.7 Å². The average Bonchev–Trinajstić information content (AvgIpc) is 3.51. The van der Waals surface area contributed by atoms with Crippen molar-refractivity contribution in [2.75, 3.05) is 5.32 Å². The Morgan fingerprint density at radius 1 is 1.00 bits per heavy atom. The van der Waals surface area contributed by atoms with E-state index in [4.69, 9.17) is 4.74 Å². The third-order valence-corrected chi connectivity index (χ3v) is 4.99. The fourth-order valence-electron chi connectivity index (χ4n) is 3.52. The Morgan fingerprint density at radius 3 is 1.93 bits per heavy atom. The van der Waals surface area contributed by atoms with Gasteiger partial charge in [0.05, 0.1) is 0 Å². The highest BCUT2D eigenvalue weighted by molar-refractivity contribution is 5.97. The van der Waals surface area contributed by atoms with Crippen LogP contribution in [0.5, 0.6) is 0 Å². The zero-order valence-corrected chi connectivity index (χ0v) is 18.2. The minimum atomic E-state index is -0.587. The van der Waals surface area contributed by atoms with Crippen LogP contribution in [0.1, 0.15) is 65.9 Å². The van der Waals surface area contributed by atoms with Crippen LogP contribution in [0.4, 0.5) is 10.5 Å². The van der Waals surface area contributed by atoms with E-state index in [9.17, 15) is 9.59 Å². The smallest absolute Gasteiger partial charge is 0.408 e. The van der Waals surface area contributed by atoms with Gasteiger partial charge in [-0.25, -0.2) is 4.79 Å². The minimum absolute atomic E-state index is 0.150. The molecular weight excluding hydrogens is 352 g/mol. The second-order valence-electron chi connectivity index (χ2n) is 8.73. The van der Waals surface area contributed by atoms with Gasteiger partial charge in [-0.05, 0) is 83.3 Å². The highest BCUT2D eigenvalue weighted by Crippen LogP contribution is 2.50. The summed E-state index contributed by atoms with van der Waals surface area (Å²) in [5.41, 5.74) is 1.30. The molecule has 0 radical (unpaired) electrons. The predicted octanol–water partition coefficient (Wildman–Crippen LogP) is 5.29. The Balaban J connectivity index is 0.00000136. The van der Waals surface area contributed by atoms with Gasteiger partial charge in [0.15, 0.2) is 0 Å². The van der Waals surface area contributed by atoms with E-state index in [2.05, 4.69) is 10.6 Å². The molecule has 2 saturated carbocycles. The Labute approximate surface area is 169 Å². The molecule has 0 aliphatic heterocycles. The van der Waals surface area contributed by atoms with E-state index >= 15 is 0 Å². The molecule has 1 aromatic rings. The van der Waals surface area contributed by atoms with Crippen molar-refractivity contribution in [2.24, 2.45) is 17.8 Å². The molecule has 2 fully saturated rings. The molecule has 3 rings (SSSR count). The Hall–Kier alpha value is -2.04. The predicted molar refractivity (Wildman–Crippen MR) is 113 cm³/mol. The number of nitrogens with one attached hydrogen (secondary N) is 2. The van der Waals surface area contributed by atoms with Gasteiger partial charge in [0.2, 0.25) is 5.91 Å². The number of carbonyl (C=O) groups excluding carboxylic acids is 2. The molecule has 0 spiro atoms. The number of benzene rings is 1. The molecule has 2 amide bonds. The highest BCUT2D eigenvalue weighted by Gasteiger charge is 2.48. The third-order valence-electron chi connectivity index (χ3n) is 4.99. The van der Waals surface area contributed by atoms with Crippen LogP contribution in [0.25, 0.3) is 0 Å². The van der Waals surface area contributed by atoms with Gasteiger partial charge in [-0.3, -0.25) is 4.79 Å². The quantitative estimate of drug-likeness (QED) is 0.696. The van der Waals surface area contributed by atoms with E-state index in [1.807, 2.05) is 65.8 Å². The number of hydrogen-bond donors (Lipinski definition) is 2. The van der Waals surface area contributed by atoms with Crippen LogP contribution in [-0.2, 0) is 9.53 Å². The van der Waals surface area contributed by atoms with Gasteiger partial charge in [0, 0.05) is 5.69 Å². The summed E-state index contributed by atoms with van der Waals surface area (Å²) < 4.78 is 5.40. The van der Waals surface area contributed by atoms with E-state index in [0.29, 0.717) is 11.8 Å². The second kappa shape index (κ2) is 9.44. The lowest BCUT2D eigenvalue weighted by molar-refractivity contribution is -0.120. The summed E-state index contributed by atoms with van der Waals surface area (Å²) in [6.07, 6.45) is 4.06. The number of carbonyl (C=O) groups is 2. The summed E-state index contributed by atoms with van der Waals surface area (Å²) in [6.45, 7) is 11.5. The molecule has 0 aromatic heterocycles. The first kappa shape index (κ1) is 22.3. The van der Waals surface area contributed by atoms with Crippen molar-refractivity contribution in [3.8, 4) is 0 Å². The van der Waals surface area contributed by atoms with E-state index in [0.717, 1.165) is 36.9 Å². The first-order valence-electron chi connectivity index (χ1n) is 10.6. The van der Waals surface area contributed by atoms with Crippen molar-refractivity contribution in [3.05, 3.63) is 29.8 Å². The van der Waals surface area contributed by atoms with Crippen molar-refractivity contribution in [1.29, 1.82) is 0 Å². The first-order valence-corrected chi connectivity index (χ1v) is 10.6. The monoisotopic (exact) mass is 388 g/mol. The molecule has 2 N–H and O–H groups in total. The topological polar surface area (TPSA) is 67.4 Å². The van der Waals surface area contributed by atoms with Gasteiger partial charge >= 0.3 is 6.09 Å². The molecule has 0 bridgehead atoms. The molecule has 0 heterocycles. The SMILES string of the molecule is CC.Cc1ccc(NC(=O)C(NC(=O)OC(C)(C)C)C(C2CC2)C2CC2)cc1. The molecule has 1 atom stereocenters. The molecule has 2 aliphatic carbocycles. The first-order chi connectivity index (χ1) is 13.2. The summed E-state index contributed by atoms with van der Waals surface area (Å²) in [7, 11) is 0. The third kappa shape index (κ3) is 6.84. The maximum atomic E-state index is 13.0. The summed E-state index contributed by atoms with van der Waals surface area (Å²) >= 11 is 0. The fourth-order valence-corrected chi connectivity index (χ4v) is 3.52. The number of ether oxygens (including phenoxy) is 1. The molecule has 156 valence electrons. The van der Waals surface area contributed by atoms with E-state index in [-0.39, 0.29) is 11.8 Å². The van der Waals surface area contributed by atoms with Gasteiger partial charge in [0.1, 0.15) is 11.6 Å². The highest BCUT2D eigenvalue weighted by atomic mass is 16.6. The zero-order chi connectivity index (χ0) is 20.9. The number of anilines is 1. The Morgan fingerprint density at radius 2 is 1.50 bits per heavy atom. The minimum Gasteiger partial charge on any atom is -0.444 e. The zero-order valence-electron chi connectivity index (χ0n) is 18.2. The molecule has 1 unspecified atom stereocenters. The summed E-state index contributed by atoms with van der Waals surface area (Å²) in [5.74, 6) is 1.12. The van der Waals surface area contributed by atoms with Crippen LogP contribution in [0.15, 0.2) is 24.3 Å². The van der Waals surface area contributed by atoms with Crippen LogP contribution in [-0.4, -0.2) is 23.6 Å². The van der Waals surface area contributed by atoms with E-state index in [1.54, 1.807) is 0 Å². The van der Waals surface area contributed by atoms with Crippen molar-refractivity contribution < 1.29 is 14.3 Å². The Bertz CT molecular complexity index is 643. The maximum absolute atomic E-state index is 13.0. The molecule has 5 nitrogen and oxygen atoms in total. The molecule has 28 heavy (non-hydrogen) atoms. The van der Waals surface area contributed by atoms with Gasteiger partial charge in [0.25, 0.3) is 0 Å². The van der Waals surface area contributed by atoms with Crippen molar-refractivity contribution in [3.63, 3.8) is 0 Å². The number of amides is 2. The number of alkyl carbamates (subject to hydrolysis) is 1. The average molecular weight is 389 g/mol.